The summed E-state index contributed by atoms with van der Waals surface area (Å²) < 4.78 is 5.80. The van der Waals surface area contributed by atoms with Crippen LogP contribution in [0.2, 0.25) is 0 Å². The number of amides is 1. The normalized spacial score (nSPS) is 22.1. The second-order valence-electron chi connectivity index (χ2n) is 7.83. The smallest absolute Gasteiger partial charge is 0.251 e. The zero-order valence-corrected chi connectivity index (χ0v) is 15.6. The molecular weight excluding hydrogens is 328 g/mol. The molecule has 1 saturated heterocycles. The molecule has 3 rings (SSSR count). The number of nitrogens with one attached hydrogen (secondary N) is 2. The van der Waals surface area contributed by atoms with Gasteiger partial charge >= 0.3 is 0 Å². The van der Waals surface area contributed by atoms with Crippen molar-refractivity contribution in [2.24, 2.45) is 5.92 Å². The molecule has 0 bridgehead atoms. The highest BCUT2D eigenvalue weighted by atomic mass is 16.5. The highest BCUT2D eigenvalue weighted by Gasteiger charge is 2.33. The van der Waals surface area contributed by atoms with Crippen LogP contribution in [0.4, 0.5) is 0 Å². The Bertz CT molecular complexity index is 561. The molecule has 0 aromatic heterocycles. The van der Waals surface area contributed by atoms with E-state index in [1.165, 1.54) is 19.3 Å². The number of ether oxygens (including phenoxy) is 1. The first-order chi connectivity index (χ1) is 12.7. The summed E-state index contributed by atoms with van der Waals surface area (Å²) >= 11 is 0. The monoisotopic (exact) mass is 360 g/mol. The van der Waals surface area contributed by atoms with E-state index >= 15 is 0 Å². The van der Waals surface area contributed by atoms with Crippen molar-refractivity contribution in [2.75, 3.05) is 26.3 Å². The zero-order chi connectivity index (χ0) is 18.2. The third kappa shape index (κ3) is 5.21. The lowest BCUT2D eigenvalue weighted by Gasteiger charge is -2.36. The lowest BCUT2D eigenvalue weighted by atomic mass is 9.82. The minimum atomic E-state index is -0.445. The lowest BCUT2D eigenvalue weighted by molar-refractivity contribution is 0.0758. The SMILES string of the molecule is O=C(NC1(CO)CCCCC1)c1ccc(OCCCC2CCNC2)cc1. The van der Waals surface area contributed by atoms with Gasteiger partial charge in [0.1, 0.15) is 5.75 Å². The number of rotatable bonds is 8. The van der Waals surface area contributed by atoms with Gasteiger partial charge in [0.05, 0.1) is 18.8 Å². The molecule has 1 aliphatic heterocycles. The molecule has 3 N–H and O–H groups in total. The van der Waals surface area contributed by atoms with E-state index in [0.29, 0.717) is 5.56 Å². The largest absolute Gasteiger partial charge is 0.494 e. The molecule has 1 aromatic rings. The summed E-state index contributed by atoms with van der Waals surface area (Å²) in [5, 5.41) is 16.2. The molecule has 26 heavy (non-hydrogen) atoms. The minimum Gasteiger partial charge on any atom is -0.494 e. The number of hydrogen-bond acceptors (Lipinski definition) is 4. The molecule has 0 spiro atoms. The van der Waals surface area contributed by atoms with Gasteiger partial charge < -0.3 is 20.5 Å². The molecule has 1 aliphatic carbocycles. The topological polar surface area (TPSA) is 70.6 Å². The van der Waals surface area contributed by atoms with Gasteiger partial charge in [0.2, 0.25) is 0 Å². The van der Waals surface area contributed by atoms with Crippen molar-refractivity contribution in [2.45, 2.75) is 56.9 Å². The standard InChI is InChI=1S/C21H32N2O3/c24-16-21(11-2-1-3-12-21)23-20(25)18-6-8-19(9-7-18)26-14-4-5-17-10-13-22-15-17/h6-9,17,22,24H,1-5,10-16H2,(H,23,25). The third-order valence-electron chi connectivity index (χ3n) is 5.80. The second kappa shape index (κ2) is 9.38. The van der Waals surface area contributed by atoms with E-state index in [0.717, 1.165) is 63.5 Å². The number of carbonyl (C=O) groups is 1. The molecule has 144 valence electrons. The van der Waals surface area contributed by atoms with E-state index in [1.807, 2.05) is 12.1 Å². The molecule has 2 aliphatic rings. The number of hydrogen-bond donors (Lipinski definition) is 3. The maximum Gasteiger partial charge on any atom is 0.251 e. The van der Waals surface area contributed by atoms with Crippen molar-refractivity contribution in [1.29, 1.82) is 0 Å². The molecule has 5 nitrogen and oxygen atoms in total. The zero-order valence-electron chi connectivity index (χ0n) is 15.6. The Morgan fingerprint density at radius 2 is 2.00 bits per heavy atom. The van der Waals surface area contributed by atoms with Crippen molar-refractivity contribution < 1.29 is 14.6 Å². The first kappa shape index (κ1) is 19.2. The quantitative estimate of drug-likeness (QED) is 0.624. The molecule has 2 fully saturated rings. The van der Waals surface area contributed by atoms with E-state index in [4.69, 9.17) is 4.74 Å². The van der Waals surface area contributed by atoms with Crippen LogP contribution in [0.5, 0.6) is 5.75 Å². The average molecular weight is 360 g/mol. The Kier molecular flexibility index (Phi) is 6.92. The lowest BCUT2D eigenvalue weighted by Crippen LogP contribution is -2.52. The summed E-state index contributed by atoms with van der Waals surface area (Å²) in [5.41, 5.74) is 0.173. The molecule has 1 heterocycles. The third-order valence-corrected chi connectivity index (χ3v) is 5.80. The van der Waals surface area contributed by atoms with E-state index in [9.17, 15) is 9.90 Å². The van der Waals surface area contributed by atoms with Gasteiger partial charge in [-0.15, -0.1) is 0 Å². The van der Waals surface area contributed by atoms with Gasteiger partial charge in [-0.1, -0.05) is 19.3 Å². The summed E-state index contributed by atoms with van der Waals surface area (Å²) in [6.07, 6.45) is 8.55. The number of aliphatic hydroxyl groups excluding tert-OH is 1. The van der Waals surface area contributed by atoms with Crippen LogP contribution in [0.1, 0.15) is 61.7 Å². The summed E-state index contributed by atoms with van der Waals surface area (Å²) in [4.78, 5) is 12.5. The minimum absolute atomic E-state index is 0.0104. The fraction of sp³-hybridized carbons (Fsp3) is 0.667. The fourth-order valence-corrected chi connectivity index (χ4v) is 4.09. The molecule has 1 aromatic carbocycles. The van der Waals surface area contributed by atoms with Gasteiger partial charge in [0.25, 0.3) is 5.91 Å². The van der Waals surface area contributed by atoms with Crippen LogP contribution in [0, 0.1) is 5.92 Å². The van der Waals surface area contributed by atoms with Crippen LogP contribution >= 0.6 is 0 Å². The van der Waals surface area contributed by atoms with Crippen molar-refractivity contribution in [3.8, 4) is 5.75 Å². The van der Waals surface area contributed by atoms with Gasteiger partial charge in [-0.05, 0) is 75.4 Å². The van der Waals surface area contributed by atoms with Gasteiger partial charge in [-0.2, -0.15) is 0 Å². The van der Waals surface area contributed by atoms with Gasteiger partial charge in [0, 0.05) is 5.56 Å². The van der Waals surface area contributed by atoms with Gasteiger partial charge in [0.15, 0.2) is 0 Å². The molecule has 1 amide bonds. The Hall–Kier alpha value is -1.59. The van der Waals surface area contributed by atoms with Crippen LogP contribution in [-0.2, 0) is 0 Å². The summed E-state index contributed by atoms with van der Waals surface area (Å²) in [5.74, 6) is 1.49. The summed E-state index contributed by atoms with van der Waals surface area (Å²) in [7, 11) is 0. The summed E-state index contributed by atoms with van der Waals surface area (Å²) in [6.45, 7) is 3.01. The van der Waals surface area contributed by atoms with E-state index < -0.39 is 5.54 Å². The Balaban J connectivity index is 1.44. The Morgan fingerprint density at radius 1 is 1.23 bits per heavy atom. The first-order valence-corrected chi connectivity index (χ1v) is 10.1. The maximum absolute atomic E-state index is 12.5. The van der Waals surface area contributed by atoms with Gasteiger partial charge in [-0.25, -0.2) is 0 Å². The highest BCUT2D eigenvalue weighted by molar-refractivity contribution is 5.94. The Morgan fingerprint density at radius 3 is 2.65 bits per heavy atom. The molecule has 1 atom stereocenters. The number of carbonyl (C=O) groups excluding carboxylic acids is 1. The van der Waals surface area contributed by atoms with E-state index in [-0.39, 0.29) is 12.5 Å². The number of benzene rings is 1. The highest BCUT2D eigenvalue weighted by Crippen LogP contribution is 2.28. The second-order valence-corrected chi connectivity index (χ2v) is 7.83. The maximum atomic E-state index is 12.5. The van der Waals surface area contributed by atoms with Crippen LogP contribution in [0.3, 0.4) is 0 Å². The fourth-order valence-electron chi connectivity index (χ4n) is 4.09. The van der Waals surface area contributed by atoms with Crippen LogP contribution in [-0.4, -0.2) is 42.9 Å². The predicted octanol–water partition coefficient (Wildman–Crippen LogP) is 2.88. The van der Waals surface area contributed by atoms with Crippen molar-refractivity contribution in [1.82, 2.24) is 10.6 Å². The molecular formula is C21H32N2O3. The molecule has 1 saturated carbocycles. The first-order valence-electron chi connectivity index (χ1n) is 10.1. The van der Waals surface area contributed by atoms with Crippen LogP contribution in [0.15, 0.2) is 24.3 Å². The van der Waals surface area contributed by atoms with E-state index in [1.54, 1.807) is 12.1 Å². The van der Waals surface area contributed by atoms with Crippen molar-refractivity contribution in [3.63, 3.8) is 0 Å². The molecule has 5 heteroatoms. The molecule has 0 radical (unpaired) electrons. The van der Waals surface area contributed by atoms with Crippen LogP contribution in [0.25, 0.3) is 0 Å². The average Bonchev–Trinajstić information content (AvgIpc) is 3.20. The van der Waals surface area contributed by atoms with Crippen LogP contribution < -0.4 is 15.4 Å². The van der Waals surface area contributed by atoms with Crippen molar-refractivity contribution >= 4 is 5.91 Å². The van der Waals surface area contributed by atoms with Crippen molar-refractivity contribution in [3.05, 3.63) is 29.8 Å². The van der Waals surface area contributed by atoms with E-state index in [2.05, 4.69) is 10.6 Å². The predicted molar refractivity (Wildman–Crippen MR) is 103 cm³/mol. The summed E-state index contributed by atoms with van der Waals surface area (Å²) in [6, 6.07) is 7.33. The Labute approximate surface area is 156 Å². The molecule has 1 unspecified atom stereocenters. The number of aliphatic hydroxyl groups is 1. The van der Waals surface area contributed by atoms with Gasteiger partial charge in [-0.3, -0.25) is 4.79 Å².